The third-order valence-electron chi connectivity index (χ3n) is 4.64. The maximum absolute atomic E-state index is 12.4. The second-order valence-electron chi connectivity index (χ2n) is 7.26. The molecule has 0 spiro atoms. The first-order chi connectivity index (χ1) is 14.1. The minimum atomic E-state index is -0.0926. The van der Waals surface area contributed by atoms with E-state index in [1.54, 1.807) is 0 Å². The molecule has 0 fully saturated rings. The van der Waals surface area contributed by atoms with E-state index >= 15 is 0 Å². The Morgan fingerprint density at radius 1 is 0.931 bits per heavy atom. The normalized spacial score (nSPS) is 10.6. The quantitative estimate of drug-likeness (QED) is 0.510. The van der Waals surface area contributed by atoms with Crippen LogP contribution in [0.1, 0.15) is 30.9 Å². The topological polar surface area (TPSA) is 50.4 Å². The van der Waals surface area contributed by atoms with Gasteiger partial charge in [0.25, 0.3) is 0 Å². The molecule has 1 amide bonds. The fraction of sp³-hybridized carbons (Fsp3) is 0.240. The van der Waals surface area contributed by atoms with Crippen molar-refractivity contribution in [2.75, 3.05) is 23.8 Å². The van der Waals surface area contributed by atoms with Gasteiger partial charge in [0.15, 0.2) is 0 Å². The van der Waals surface area contributed by atoms with Crippen molar-refractivity contribution in [3.63, 3.8) is 0 Å². The molecule has 2 N–H and O–H groups in total. The van der Waals surface area contributed by atoms with Crippen LogP contribution in [0.25, 0.3) is 0 Å². The van der Waals surface area contributed by atoms with E-state index in [-0.39, 0.29) is 12.5 Å². The van der Waals surface area contributed by atoms with Gasteiger partial charge < -0.3 is 15.4 Å². The van der Waals surface area contributed by atoms with Gasteiger partial charge in [0.05, 0.1) is 13.2 Å². The van der Waals surface area contributed by atoms with E-state index in [0.717, 1.165) is 23.5 Å². The van der Waals surface area contributed by atoms with Crippen molar-refractivity contribution in [3.05, 3.63) is 90.0 Å². The van der Waals surface area contributed by atoms with Gasteiger partial charge in [0.1, 0.15) is 5.75 Å². The largest absolute Gasteiger partial charge is 0.493 e. The van der Waals surface area contributed by atoms with Crippen molar-refractivity contribution in [2.45, 2.75) is 26.2 Å². The molecule has 0 aliphatic rings. The van der Waals surface area contributed by atoms with Crippen molar-refractivity contribution >= 4 is 17.3 Å². The predicted octanol–water partition coefficient (Wildman–Crippen LogP) is 5.48. The molecular weight excluding hydrogens is 360 g/mol. The standard InChI is InChI=1S/C25H28N2O2/c1-19(2)23-13-6-7-14-24(23)26-18-25(28)27-21-11-8-12-22(17-21)29-16-15-20-9-4-3-5-10-20/h3-14,17,19,26H,15-16,18H2,1-2H3,(H,27,28). The molecule has 0 bridgehead atoms. The van der Waals surface area contributed by atoms with Crippen LogP contribution in [0.4, 0.5) is 11.4 Å². The van der Waals surface area contributed by atoms with Crippen molar-refractivity contribution in [3.8, 4) is 5.75 Å². The van der Waals surface area contributed by atoms with E-state index in [4.69, 9.17) is 4.74 Å². The number of hydrogen-bond acceptors (Lipinski definition) is 3. The lowest BCUT2D eigenvalue weighted by atomic mass is 10.0. The van der Waals surface area contributed by atoms with Crippen molar-refractivity contribution in [1.29, 1.82) is 0 Å². The van der Waals surface area contributed by atoms with Crippen LogP contribution in [0.3, 0.4) is 0 Å². The molecule has 0 aliphatic carbocycles. The number of amides is 1. The molecular formula is C25H28N2O2. The Morgan fingerprint density at radius 3 is 2.48 bits per heavy atom. The summed E-state index contributed by atoms with van der Waals surface area (Å²) < 4.78 is 5.84. The van der Waals surface area contributed by atoms with Gasteiger partial charge >= 0.3 is 0 Å². The summed E-state index contributed by atoms with van der Waals surface area (Å²) in [6, 6.07) is 25.8. The molecule has 0 heterocycles. The van der Waals surface area contributed by atoms with Crippen LogP contribution in [-0.4, -0.2) is 19.1 Å². The maximum atomic E-state index is 12.4. The van der Waals surface area contributed by atoms with E-state index in [1.165, 1.54) is 11.1 Å². The Balaban J connectivity index is 1.50. The predicted molar refractivity (Wildman–Crippen MR) is 120 cm³/mol. The summed E-state index contributed by atoms with van der Waals surface area (Å²) in [4.78, 5) is 12.4. The number of hydrogen-bond donors (Lipinski definition) is 2. The number of ether oxygens (including phenoxy) is 1. The van der Waals surface area contributed by atoms with Crippen molar-refractivity contribution < 1.29 is 9.53 Å². The van der Waals surface area contributed by atoms with Gasteiger partial charge in [0.2, 0.25) is 5.91 Å². The van der Waals surface area contributed by atoms with Gasteiger partial charge in [-0.1, -0.05) is 68.4 Å². The second kappa shape index (κ2) is 10.3. The summed E-state index contributed by atoms with van der Waals surface area (Å²) in [6.07, 6.45) is 0.844. The smallest absolute Gasteiger partial charge is 0.243 e. The van der Waals surface area contributed by atoms with Crippen molar-refractivity contribution in [1.82, 2.24) is 0 Å². The number of rotatable bonds is 9. The van der Waals surface area contributed by atoms with Crippen LogP contribution in [0.2, 0.25) is 0 Å². The molecule has 0 radical (unpaired) electrons. The Morgan fingerprint density at radius 2 is 1.69 bits per heavy atom. The highest BCUT2D eigenvalue weighted by atomic mass is 16.5. The Labute approximate surface area is 172 Å². The molecule has 3 aromatic rings. The van der Waals surface area contributed by atoms with Crippen LogP contribution in [0.15, 0.2) is 78.9 Å². The summed E-state index contributed by atoms with van der Waals surface area (Å²) >= 11 is 0. The third-order valence-corrected chi connectivity index (χ3v) is 4.64. The fourth-order valence-corrected chi connectivity index (χ4v) is 3.14. The highest BCUT2D eigenvalue weighted by Crippen LogP contribution is 2.23. The number of carbonyl (C=O) groups is 1. The molecule has 0 aliphatic heterocycles. The van der Waals surface area contributed by atoms with Gasteiger partial charge in [-0.2, -0.15) is 0 Å². The molecule has 0 unspecified atom stereocenters. The van der Waals surface area contributed by atoms with Crippen LogP contribution in [-0.2, 0) is 11.2 Å². The van der Waals surface area contributed by atoms with E-state index in [9.17, 15) is 4.79 Å². The number of carbonyl (C=O) groups excluding carboxylic acids is 1. The van der Waals surface area contributed by atoms with Gasteiger partial charge in [0, 0.05) is 23.9 Å². The molecule has 0 aromatic heterocycles. The lowest BCUT2D eigenvalue weighted by Gasteiger charge is -2.14. The van der Waals surface area contributed by atoms with Crippen LogP contribution in [0, 0.1) is 0 Å². The summed E-state index contributed by atoms with van der Waals surface area (Å²) in [5.41, 5.74) is 4.17. The first kappa shape index (κ1) is 20.5. The lowest BCUT2D eigenvalue weighted by Crippen LogP contribution is -2.22. The van der Waals surface area contributed by atoms with Gasteiger partial charge in [-0.15, -0.1) is 0 Å². The average Bonchev–Trinajstić information content (AvgIpc) is 2.73. The SMILES string of the molecule is CC(C)c1ccccc1NCC(=O)Nc1cccc(OCCc2ccccc2)c1. The molecule has 0 saturated heterocycles. The number of para-hydroxylation sites is 1. The van der Waals surface area contributed by atoms with E-state index < -0.39 is 0 Å². The van der Waals surface area contributed by atoms with E-state index in [2.05, 4.69) is 42.7 Å². The zero-order chi connectivity index (χ0) is 20.5. The lowest BCUT2D eigenvalue weighted by molar-refractivity contribution is -0.114. The molecule has 4 heteroatoms. The van der Waals surface area contributed by atoms with Gasteiger partial charge in [-0.3, -0.25) is 4.79 Å². The minimum absolute atomic E-state index is 0.0926. The summed E-state index contributed by atoms with van der Waals surface area (Å²) in [6.45, 7) is 5.09. The average molecular weight is 389 g/mol. The molecule has 0 atom stereocenters. The van der Waals surface area contributed by atoms with Crippen LogP contribution >= 0.6 is 0 Å². The highest BCUT2D eigenvalue weighted by Gasteiger charge is 2.08. The van der Waals surface area contributed by atoms with Crippen molar-refractivity contribution in [2.24, 2.45) is 0 Å². The molecule has 3 rings (SSSR count). The monoisotopic (exact) mass is 388 g/mol. The number of benzene rings is 3. The first-order valence-electron chi connectivity index (χ1n) is 10.0. The summed E-state index contributed by atoms with van der Waals surface area (Å²) in [5.74, 6) is 1.05. The molecule has 4 nitrogen and oxygen atoms in total. The third kappa shape index (κ3) is 6.39. The van der Waals surface area contributed by atoms with Crippen LogP contribution < -0.4 is 15.4 Å². The Hall–Kier alpha value is -3.27. The second-order valence-corrected chi connectivity index (χ2v) is 7.26. The number of anilines is 2. The number of nitrogens with one attached hydrogen (secondary N) is 2. The molecule has 3 aromatic carbocycles. The Bertz CT molecular complexity index is 923. The van der Waals surface area contributed by atoms with Gasteiger partial charge in [-0.25, -0.2) is 0 Å². The summed E-state index contributed by atoms with van der Waals surface area (Å²) in [5, 5.41) is 6.17. The first-order valence-corrected chi connectivity index (χ1v) is 10.0. The zero-order valence-corrected chi connectivity index (χ0v) is 17.0. The molecule has 150 valence electrons. The summed E-state index contributed by atoms with van der Waals surface area (Å²) in [7, 11) is 0. The van der Waals surface area contributed by atoms with Crippen LogP contribution in [0.5, 0.6) is 5.75 Å². The van der Waals surface area contributed by atoms with Gasteiger partial charge in [-0.05, 0) is 35.2 Å². The molecule has 0 saturated carbocycles. The highest BCUT2D eigenvalue weighted by molar-refractivity contribution is 5.94. The minimum Gasteiger partial charge on any atom is -0.493 e. The van der Waals surface area contributed by atoms with E-state index in [0.29, 0.717) is 12.5 Å². The Kier molecular flexibility index (Phi) is 7.28. The fourth-order valence-electron chi connectivity index (χ4n) is 3.14. The zero-order valence-electron chi connectivity index (χ0n) is 17.0. The maximum Gasteiger partial charge on any atom is 0.243 e. The molecule has 29 heavy (non-hydrogen) atoms. The van der Waals surface area contributed by atoms with E-state index in [1.807, 2.05) is 60.7 Å².